The van der Waals surface area contributed by atoms with Crippen LogP contribution in [0.15, 0.2) is 12.1 Å². The molecule has 3 aliphatic carbocycles. The van der Waals surface area contributed by atoms with Gasteiger partial charge in [-0.05, 0) is 104 Å². The van der Waals surface area contributed by atoms with Crippen LogP contribution in [-0.4, -0.2) is 6.61 Å². The average molecular weight is 427 g/mol. The van der Waals surface area contributed by atoms with Crippen LogP contribution in [0.3, 0.4) is 0 Å². The Morgan fingerprint density at radius 2 is 1.57 bits per heavy atom. The molecular weight excluding hydrogens is 392 g/mol. The maximum absolute atomic E-state index is 14.0. The van der Waals surface area contributed by atoms with Gasteiger partial charge in [0.15, 0.2) is 17.4 Å². The lowest BCUT2D eigenvalue weighted by molar-refractivity contribution is -0.0738. The molecule has 0 aromatic heterocycles. The number of rotatable bonds is 7. The molecule has 1 unspecified atom stereocenters. The van der Waals surface area contributed by atoms with E-state index in [9.17, 15) is 17.6 Å². The summed E-state index contributed by atoms with van der Waals surface area (Å²) < 4.78 is 56.6. The Morgan fingerprint density at radius 1 is 0.967 bits per heavy atom. The molecule has 3 aliphatic rings. The number of hydrogen-bond acceptors (Lipinski definition) is 1. The van der Waals surface area contributed by atoms with E-state index < -0.39 is 24.0 Å². The maximum atomic E-state index is 14.0. The molecule has 0 saturated heterocycles. The summed E-state index contributed by atoms with van der Waals surface area (Å²) in [6, 6.07) is 2.35. The minimum atomic E-state index is -3.23. The van der Waals surface area contributed by atoms with E-state index in [4.69, 9.17) is 0 Å². The van der Waals surface area contributed by atoms with Gasteiger partial charge in [0.2, 0.25) is 0 Å². The van der Waals surface area contributed by atoms with Gasteiger partial charge >= 0.3 is 6.61 Å². The molecular formula is C25H34F4O. The zero-order valence-corrected chi connectivity index (χ0v) is 18.1. The molecule has 30 heavy (non-hydrogen) atoms. The molecule has 1 aromatic rings. The van der Waals surface area contributed by atoms with Gasteiger partial charge < -0.3 is 4.74 Å². The van der Waals surface area contributed by atoms with Crippen molar-refractivity contribution < 1.29 is 22.3 Å². The van der Waals surface area contributed by atoms with Gasteiger partial charge in [-0.1, -0.05) is 26.7 Å². The van der Waals surface area contributed by atoms with Crippen molar-refractivity contribution >= 4 is 0 Å². The van der Waals surface area contributed by atoms with E-state index in [-0.39, 0.29) is 5.92 Å². The highest BCUT2D eigenvalue weighted by molar-refractivity contribution is 5.35. The van der Waals surface area contributed by atoms with Crippen LogP contribution in [0.5, 0.6) is 5.75 Å². The van der Waals surface area contributed by atoms with Crippen molar-refractivity contribution in [2.45, 2.75) is 90.6 Å². The monoisotopic (exact) mass is 426 g/mol. The van der Waals surface area contributed by atoms with E-state index in [1.807, 2.05) is 0 Å². The quantitative estimate of drug-likeness (QED) is 0.400. The molecule has 4 rings (SSSR count). The van der Waals surface area contributed by atoms with Crippen LogP contribution in [-0.2, 0) is 0 Å². The smallest absolute Gasteiger partial charge is 0.387 e. The molecule has 1 aromatic carbocycles. The van der Waals surface area contributed by atoms with Crippen molar-refractivity contribution in [2.24, 2.45) is 29.1 Å². The summed E-state index contributed by atoms with van der Waals surface area (Å²) in [6.45, 7) is 1.46. The lowest BCUT2D eigenvalue weighted by atomic mass is 9.45. The maximum Gasteiger partial charge on any atom is 0.387 e. The molecule has 1 nitrogen and oxygen atoms in total. The van der Waals surface area contributed by atoms with E-state index in [0.29, 0.717) is 11.0 Å². The van der Waals surface area contributed by atoms with Crippen LogP contribution in [0.1, 0.15) is 89.5 Å². The van der Waals surface area contributed by atoms with Crippen molar-refractivity contribution in [1.29, 1.82) is 0 Å². The van der Waals surface area contributed by atoms with Crippen molar-refractivity contribution in [3.05, 3.63) is 29.3 Å². The van der Waals surface area contributed by atoms with Gasteiger partial charge in [-0.15, -0.1) is 0 Å². The SMILES string of the molecule is CCCC(C)C1CCC(C2CC3(CC(c4cc(F)c(OC(F)F)c(F)c4)C3)C2)CC1. The fourth-order valence-electron chi connectivity index (χ4n) is 6.83. The zero-order valence-electron chi connectivity index (χ0n) is 18.1. The number of ether oxygens (including phenoxy) is 1. The largest absolute Gasteiger partial charge is 0.429 e. The second kappa shape index (κ2) is 8.70. The first kappa shape index (κ1) is 22.0. The second-order valence-electron chi connectivity index (χ2n) is 10.4. The first-order chi connectivity index (χ1) is 14.3. The summed E-state index contributed by atoms with van der Waals surface area (Å²) in [5.41, 5.74) is 0.929. The molecule has 0 N–H and O–H groups in total. The van der Waals surface area contributed by atoms with Crippen LogP contribution in [0.4, 0.5) is 17.6 Å². The van der Waals surface area contributed by atoms with Crippen molar-refractivity contribution in [3.63, 3.8) is 0 Å². The van der Waals surface area contributed by atoms with Crippen LogP contribution in [0.25, 0.3) is 0 Å². The average Bonchev–Trinajstić information content (AvgIpc) is 2.63. The van der Waals surface area contributed by atoms with E-state index in [0.717, 1.165) is 36.5 Å². The first-order valence-corrected chi connectivity index (χ1v) is 11.7. The Balaban J connectivity index is 1.25. The fourth-order valence-corrected chi connectivity index (χ4v) is 6.83. The molecule has 0 bridgehead atoms. The molecule has 0 heterocycles. The molecule has 5 heteroatoms. The Bertz CT molecular complexity index is 704. The van der Waals surface area contributed by atoms with E-state index in [1.165, 1.54) is 63.5 Å². The molecule has 1 atom stereocenters. The van der Waals surface area contributed by atoms with Gasteiger partial charge in [-0.2, -0.15) is 8.78 Å². The predicted octanol–water partition coefficient (Wildman–Crippen LogP) is 8.08. The van der Waals surface area contributed by atoms with Crippen molar-refractivity contribution in [3.8, 4) is 5.75 Å². The highest BCUT2D eigenvalue weighted by atomic mass is 19.3. The summed E-state index contributed by atoms with van der Waals surface area (Å²) in [4.78, 5) is 0. The fraction of sp³-hybridized carbons (Fsp3) is 0.760. The predicted molar refractivity (Wildman–Crippen MR) is 110 cm³/mol. The Morgan fingerprint density at radius 3 is 2.10 bits per heavy atom. The first-order valence-electron chi connectivity index (χ1n) is 11.7. The lowest BCUT2D eigenvalue weighted by Crippen LogP contribution is -2.49. The van der Waals surface area contributed by atoms with Gasteiger partial charge in [0.25, 0.3) is 0 Å². The Hall–Kier alpha value is -1.26. The molecule has 0 radical (unpaired) electrons. The van der Waals surface area contributed by atoms with Gasteiger partial charge in [0.1, 0.15) is 0 Å². The summed E-state index contributed by atoms with van der Waals surface area (Å²) in [7, 11) is 0. The van der Waals surface area contributed by atoms with Crippen LogP contribution >= 0.6 is 0 Å². The van der Waals surface area contributed by atoms with Gasteiger partial charge in [-0.3, -0.25) is 0 Å². The van der Waals surface area contributed by atoms with Crippen molar-refractivity contribution in [2.75, 3.05) is 0 Å². The highest BCUT2D eigenvalue weighted by Crippen LogP contribution is 2.66. The molecule has 3 saturated carbocycles. The Labute approximate surface area is 177 Å². The second-order valence-corrected chi connectivity index (χ2v) is 10.4. The minimum Gasteiger partial charge on any atom is -0.429 e. The summed E-state index contributed by atoms with van der Waals surface area (Å²) in [5.74, 6) is 0.527. The zero-order chi connectivity index (χ0) is 21.5. The van der Waals surface area contributed by atoms with Gasteiger partial charge in [-0.25, -0.2) is 8.78 Å². The third-order valence-corrected chi connectivity index (χ3v) is 8.48. The third kappa shape index (κ3) is 4.36. The molecule has 0 aliphatic heterocycles. The number of halogens is 4. The molecule has 0 amide bonds. The lowest BCUT2D eigenvalue weighted by Gasteiger charge is -2.60. The summed E-state index contributed by atoms with van der Waals surface area (Å²) in [6.07, 6.45) is 12.5. The number of alkyl halides is 2. The van der Waals surface area contributed by atoms with Crippen LogP contribution in [0, 0.1) is 40.7 Å². The summed E-state index contributed by atoms with van der Waals surface area (Å²) >= 11 is 0. The molecule has 168 valence electrons. The minimum absolute atomic E-state index is 0.126. The topological polar surface area (TPSA) is 9.23 Å². The van der Waals surface area contributed by atoms with Gasteiger partial charge in [0.05, 0.1) is 0 Å². The summed E-state index contributed by atoms with van der Waals surface area (Å²) in [5, 5.41) is 0. The number of benzene rings is 1. The standard InChI is InChI=1S/C25H34F4O/c1-3-4-15(2)16-5-7-17(8-6-16)19-11-25(12-19)13-20(14-25)18-9-21(26)23(22(27)10-18)30-24(28)29/h9-10,15-17,19-20,24H,3-8,11-14H2,1-2H3. The number of hydrogen-bond donors (Lipinski definition) is 0. The van der Waals surface area contributed by atoms with E-state index in [1.54, 1.807) is 0 Å². The van der Waals surface area contributed by atoms with E-state index >= 15 is 0 Å². The molecule has 3 fully saturated rings. The normalized spacial score (nSPS) is 34.5. The molecule has 1 spiro atoms. The van der Waals surface area contributed by atoms with E-state index in [2.05, 4.69) is 18.6 Å². The highest BCUT2D eigenvalue weighted by Gasteiger charge is 2.54. The van der Waals surface area contributed by atoms with Crippen LogP contribution < -0.4 is 4.74 Å². The van der Waals surface area contributed by atoms with Crippen LogP contribution in [0.2, 0.25) is 0 Å². The third-order valence-electron chi connectivity index (χ3n) is 8.48. The Kier molecular flexibility index (Phi) is 6.37. The van der Waals surface area contributed by atoms with Crippen molar-refractivity contribution in [1.82, 2.24) is 0 Å². The van der Waals surface area contributed by atoms with Gasteiger partial charge in [0, 0.05) is 0 Å².